The molecular formula is C21H20ClN3O3. The molecule has 0 radical (unpaired) electrons. The Balaban J connectivity index is 1.71. The molecule has 3 rings (SSSR count). The zero-order valence-corrected chi connectivity index (χ0v) is 16.5. The predicted octanol–water partition coefficient (Wildman–Crippen LogP) is 5.06. The maximum Gasteiger partial charge on any atom is 0.274 e. The highest BCUT2D eigenvalue weighted by Gasteiger charge is 2.11. The van der Waals surface area contributed by atoms with E-state index >= 15 is 0 Å². The number of nitrogens with one attached hydrogen (secondary N) is 2. The van der Waals surface area contributed by atoms with E-state index in [0.29, 0.717) is 27.9 Å². The summed E-state index contributed by atoms with van der Waals surface area (Å²) in [6.07, 6.45) is 1.60. The van der Waals surface area contributed by atoms with Gasteiger partial charge in [0, 0.05) is 22.5 Å². The number of anilines is 3. The highest BCUT2D eigenvalue weighted by atomic mass is 35.5. The van der Waals surface area contributed by atoms with Crippen LogP contribution in [0.1, 0.15) is 16.1 Å². The summed E-state index contributed by atoms with van der Waals surface area (Å²) in [5, 5.41) is 6.69. The van der Waals surface area contributed by atoms with Gasteiger partial charge in [-0.25, -0.2) is 4.98 Å². The van der Waals surface area contributed by atoms with E-state index in [1.54, 1.807) is 50.7 Å². The van der Waals surface area contributed by atoms with Crippen LogP contribution < -0.4 is 20.1 Å². The second-order valence-electron chi connectivity index (χ2n) is 6.04. The van der Waals surface area contributed by atoms with Crippen molar-refractivity contribution in [2.24, 2.45) is 0 Å². The van der Waals surface area contributed by atoms with Crippen LogP contribution in [-0.2, 0) is 0 Å². The van der Waals surface area contributed by atoms with Gasteiger partial charge in [-0.1, -0.05) is 17.7 Å². The van der Waals surface area contributed by atoms with Crippen LogP contribution in [0.3, 0.4) is 0 Å². The Labute approximate surface area is 168 Å². The minimum absolute atomic E-state index is 0.295. The third-order valence-electron chi connectivity index (χ3n) is 4.12. The average molecular weight is 398 g/mol. The summed E-state index contributed by atoms with van der Waals surface area (Å²) >= 11 is 6.04. The largest absolute Gasteiger partial charge is 0.493 e. The van der Waals surface area contributed by atoms with Gasteiger partial charge in [-0.05, 0) is 48.9 Å². The average Bonchev–Trinajstić information content (AvgIpc) is 2.71. The predicted molar refractivity (Wildman–Crippen MR) is 111 cm³/mol. The normalized spacial score (nSPS) is 10.3. The van der Waals surface area contributed by atoms with Crippen LogP contribution in [-0.4, -0.2) is 25.1 Å². The second kappa shape index (κ2) is 8.63. The van der Waals surface area contributed by atoms with E-state index < -0.39 is 0 Å². The topological polar surface area (TPSA) is 72.5 Å². The molecule has 6 nitrogen and oxygen atoms in total. The van der Waals surface area contributed by atoms with Crippen LogP contribution in [0.5, 0.6) is 11.5 Å². The molecule has 7 heteroatoms. The third-order valence-corrected chi connectivity index (χ3v) is 4.35. The Morgan fingerprint density at radius 2 is 1.71 bits per heavy atom. The lowest BCUT2D eigenvalue weighted by Gasteiger charge is -2.11. The first-order valence-electron chi connectivity index (χ1n) is 8.53. The fraction of sp³-hybridized carbons (Fsp3) is 0.143. The Morgan fingerprint density at radius 1 is 0.964 bits per heavy atom. The minimum atomic E-state index is -0.322. The number of aryl methyl sites for hydroxylation is 1. The lowest BCUT2D eigenvalue weighted by Crippen LogP contribution is -2.13. The first kappa shape index (κ1) is 19.5. The molecule has 3 aromatic rings. The van der Waals surface area contributed by atoms with Gasteiger partial charge in [0.2, 0.25) is 0 Å². The SMILES string of the molecule is COc1ccc(NC(=O)c2ccc(Nc3cc(Cl)ccc3C)cn2)cc1OC. The van der Waals surface area contributed by atoms with Crippen molar-refractivity contribution in [3.63, 3.8) is 0 Å². The number of benzene rings is 2. The van der Waals surface area contributed by atoms with Crippen LogP contribution in [0.2, 0.25) is 5.02 Å². The molecule has 0 atom stereocenters. The number of aromatic nitrogens is 1. The van der Waals surface area contributed by atoms with Gasteiger partial charge in [0.15, 0.2) is 11.5 Å². The maximum absolute atomic E-state index is 12.5. The van der Waals surface area contributed by atoms with Crippen molar-refractivity contribution in [3.05, 3.63) is 71.0 Å². The van der Waals surface area contributed by atoms with Crippen molar-refractivity contribution in [3.8, 4) is 11.5 Å². The van der Waals surface area contributed by atoms with Gasteiger partial charge in [0.1, 0.15) is 5.69 Å². The zero-order valence-electron chi connectivity index (χ0n) is 15.7. The van der Waals surface area contributed by atoms with Crippen molar-refractivity contribution < 1.29 is 14.3 Å². The Bertz CT molecular complexity index is 991. The summed E-state index contributed by atoms with van der Waals surface area (Å²) in [5.41, 5.74) is 3.58. The molecule has 1 aromatic heterocycles. The van der Waals surface area contributed by atoms with Gasteiger partial charge < -0.3 is 20.1 Å². The van der Waals surface area contributed by atoms with E-state index in [0.717, 1.165) is 16.9 Å². The molecule has 28 heavy (non-hydrogen) atoms. The van der Waals surface area contributed by atoms with Crippen LogP contribution >= 0.6 is 11.6 Å². The zero-order chi connectivity index (χ0) is 20.1. The highest BCUT2D eigenvalue weighted by molar-refractivity contribution is 6.30. The van der Waals surface area contributed by atoms with Crippen molar-refractivity contribution in [2.45, 2.75) is 6.92 Å². The number of hydrogen-bond acceptors (Lipinski definition) is 5. The summed E-state index contributed by atoms with van der Waals surface area (Å²) in [6, 6.07) is 14.2. The fourth-order valence-corrected chi connectivity index (χ4v) is 2.77. The molecule has 1 amide bonds. The number of carbonyl (C=O) groups is 1. The molecule has 2 aromatic carbocycles. The van der Waals surface area contributed by atoms with E-state index in [1.165, 1.54) is 0 Å². The quantitative estimate of drug-likeness (QED) is 0.608. The third kappa shape index (κ3) is 4.53. The Kier molecular flexibility index (Phi) is 6.01. The number of rotatable bonds is 6. The van der Waals surface area contributed by atoms with Gasteiger partial charge >= 0.3 is 0 Å². The van der Waals surface area contributed by atoms with Gasteiger partial charge in [-0.15, -0.1) is 0 Å². The summed E-state index contributed by atoms with van der Waals surface area (Å²) in [5.74, 6) is 0.799. The van der Waals surface area contributed by atoms with Gasteiger partial charge in [0.05, 0.1) is 26.1 Å². The molecule has 0 saturated carbocycles. The first-order valence-corrected chi connectivity index (χ1v) is 8.90. The lowest BCUT2D eigenvalue weighted by atomic mass is 10.2. The second-order valence-corrected chi connectivity index (χ2v) is 6.48. The monoisotopic (exact) mass is 397 g/mol. The summed E-state index contributed by atoms with van der Waals surface area (Å²) in [7, 11) is 3.10. The Morgan fingerprint density at radius 3 is 2.39 bits per heavy atom. The molecular weight excluding hydrogens is 378 g/mol. The first-order chi connectivity index (χ1) is 13.5. The van der Waals surface area contributed by atoms with Crippen LogP contribution in [0.25, 0.3) is 0 Å². The smallest absolute Gasteiger partial charge is 0.274 e. The van der Waals surface area contributed by atoms with E-state index in [1.807, 2.05) is 25.1 Å². The van der Waals surface area contributed by atoms with E-state index in [4.69, 9.17) is 21.1 Å². The van der Waals surface area contributed by atoms with Crippen molar-refractivity contribution in [1.29, 1.82) is 0 Å². The molecule has 0 bridgehead atoms. The van der Waals surface area contributed by atoms with Gasteiger partial charge in [-0.2, -0.15) is 0 Å². The standard InChI is InChI=1S/C21H20ClN3O3/c1-13-4-5-14(22)10-18(13)24-16-6-8-17(23-12-16)21(26)25-15-7-9-19(27-2)20(11-15)28-3/h4-12,24H,1-3H3,(H,25,26). The summed E-state index contributed by atoms with van der Waals surface area (Å²) in [6.45, 7) is 1.98. The fourth-order valence-electron chi connectivity index (χ4n) is 2.60. The summed E-state index contributed by atoms with van der Waals surface area (Å²) in [4.78, 5) is 16.7. The molecule has 0 aliphatic carbocycles. The molecule has 0 aliphatic heterocycles. The van der Waals surface area contributed by atoms with E-state index in [-0.39, 0.29) is 5.91 Å². The molecule has 0 saturated heterocycles. The number of hydrogen-bond donors (Lipinski definition) is 2. The lowest BCUT2D eigenvalue weighted by molar-refractivity contribution is 0.102. The highest BCUT2D eigenvalue weighted by Crippen LogP contribution is 2.30. The van der Waals surface area contributed by atoms with Crippen molar-refractivity contribution >= 4 is 34.6 Å². The molecule has 0 spiro atoms. The summed E-state index contributed by atoms with van der Waals surface area (Å²) < 4.78 is 10.4. The van der Waals surface area contributed by atoms with Crippen LogP contribution in [0.4, 0.5) is 17.1 Å². The number of amides is 1. The Hall–Kier alpha value is -3.25. The van der Waals surface area contributed by atoms with Crippen molar-refractivity contribution in [1.82, 2.24) is 4.98 Å². The number of carbonyl (C=O) groups excluding carboxylic acids is 1. The number of methoxy groups -OCH3 is 2. The molecule has 144 valence electrons. The molecule has 0 fully saturated rings. The molecule has 1 heterocycles. The van der Waals surface area contributed by atoms with Crippen LogP contribution in [0, 0.1) is 6.92 Å². The number of nitrogens with zero attached hydrogens (tertiary/aromatic N) is 1. The van der Waals surface area contributed by atoms with E-state index in [9.17, 15) is 4.79 Å². The number of halogens is 1. The number of ether oxygens (including phenoxy) is 2. The van der Waals surface area contributed by atoms with Crippen molar-refractivity contribution in [2.75, 3.05) is 24.9 Å². The van der Waals surface area contributed by atoms with E-state index in [2.05, 4.69) is 15.6 Å². The van der Waals surface area contributed by atoms with Gasteiger partial charge in [0.25, 0.3) is 5.91 Å². The molecule has 0 unspecified atom stereocenters. The van der Waals surface area contributed by atoms with Crippen LogP contribution in [0.15, 0.2) is 54.7 Å². The number of pyridine rings is 1. The molecule has 0 aliphatic rings. The van der Waals surface area contributed by atoms with Gasteiger partial charge in [-0.3, -0.25) is 4.79 Å². The molecule has 2 N–H and O–H groups in total. The minimum Gasteiger partial charge on any atom is -0.493 e. The maximum atomic E-state index is 12.5.